The Morgan fingerprint density at radius 3 is 2.90 bits per heavy atom. The van der Waals surface area contributed by atoms with E-state index in [1.807, 2.05) is 0 Å². The third-order valence-corrected chi connectivity index (χ3v) is 3.00. The van der Waals surface area contributed by atoms with Gasteiger partial charge in [0.05, 0.1) is 5.56 Å². The maximum Gasteiger partial charge on any atom is 0.254 e. The van der Waals surface area contributed by atoms with Crippen LogP contribution in [0.2, 0.25) is 5.02 Å². The average molecular weight is 302 g/mol. The lowest BCUT2D eigenvalue weighted by Gasteiger charge is -2.10. The van der Waals surface area contributed by atoms with Gasteiger partial charge in [0.25, 0.3) is 5.91 Å². The fraction of sp³-hybridized carbons (Fsp3) is 0.273. The molecule has 1 aromatic carbocycles. The number of rotatable bonds is 4. The zero-order valence-electron chi connectivity index (χ0n) is 10.3. The van der Waals surface area contributed by atoms with Crippen LogP contribution in [0.4, 0.5) is 8.78 Å². The molecule has 0 saturated heterocycles. The normalized spacial score (nSPS) is 12.2. The van der Waals surface area contributed by atoms with Crippen LogP contribution < -0.4 is 5.32 Å². The first kappa shape index (κ1) is 14.3. The first-order chi connectivity index (χ1) is 9.50. The lowest BCUT2D eigenvalue weighted by atomic mass is 10.1. The Morgan fingerprint density at radius 1 is 1.50 bits per heavy atom. The molecule has 1 amide bonds. The molecule has 0 spiro atoms. The Kier molecular flexibility index (Phi) is 4.23. The van der Waals surface area contributed by atoms with Crippen LogP contribution in [0.15, 0.2) is 12.1 Å². The second-order valence-electron chi connectivity index (χ2n) is 4.10. The Hall–Kier alpha value is -2.09. The Labute approximate surface area is 117 Å². The number of carbonyl (C=O) groups excluding carboxylic acids is 1. The molecule has 2 N–H and O–H groups in total. The zero-order chi connectivity index (χ0) is 14.7. The second-order valence-corrected chi connectivity index (χ2v) is 4.48. The van der Waals surface area contributed by atoms with Crippen LogP contribution in [0, 0.1) is 11.6 Å². The SMILES string of the molecule is CC(CNC(=O)c1ccc(F)c(Cl)c1F)c1nn[nH]n1. The van der Waals surface area contributed by atoms with Gasteiger partial charge < -0.3 is 5.32 Å². The van der Waals surface area contributed by atoms with Crippen molar-refractivity contribution in [3.63, 3.8) is 0 Å². The second kappa shape index (κ2) is 5.91. The van der Waals surface area contributed by atoms with Gasteiger partial charge in [-0.1, -0.05) is 23.7 Å². The van der Waals surface area contributed by atoms with Gasteiger partial charge in [0.2, 0.25) is 0 Å². The summed E-state index contributed by atoms with van der Waals surface area (Å²) in [6.45, 7) is 1.94. The minimum Gasteiger partial charge on any atom is -0.351 e. The van der Waals surface area contributed by atoms with Crippen LogP contribution in [0.5, 0.6) is 0 Å². The summed E-state index contributed by atoms with van der Waals surface area (Å²) in [6.07, 6.45) is 0. The number of halogens is 3. The number of carbonyl (C=O) groups is 1. The molecule has 106 valence electrons. The molecule has 0 aliphatic heterocycles. The largest absolute Gasteiger partial charge is 0.351 e. The zero-order valence-corrected chi connectivity index (χ0v) is 11.1. The molecule has 1 atom stereocenters. The van der Waals surface area contributed by atoms with Crippen molar-refractivity contribution >= 4 is 17.5 Å². The van der Waals surface area contributed by atoms with Crippen molar-refractivity contribution in [3.8, 4) is 0 Å². The number of tetrazole rings is 1. The maximum atomic E-state index is 13.6. The highest BCUT2D eigenvalue weighted by Crippen LogP contribution is 2.21. The van der Waals surface area contributed by atoms with Gasteiger partial charge in [0.15, 0.2) is 11.6 Å². The van der Waals surface area contributed by atoms with E-state index in [2.05, 4.69) is 25.9 Å². The van der Waals surface area contributed by atoms with Gasteiger partial charge in [-0.3, -0.25) is 4.79 Å². The summed E-state index contributed by atoms with van der Waals surface area (Å²) >= 11 is 5.41. The maximum absolute atomic E-state index is 13.6. The molecule has 0 aliphatic rings. The van der Waals surface area contributed by atoms with Crippen LogP contribution in [-0.4, -0.2) is 33.1 Å². The summed E-state index contributed by atoms with van der Waals surface area (Å²) in [4.78, 5) is 11.8. The molecule has 1 heterocycles. The van der Waals surface area contributed by atoms with Crippen molar-refractivity contribution in [1.82, 2.24) is 25.9 Å². The van der Waals surface area contributed by atoms with Crippen molar-refractivity contribution in [2.45, 2.75) is 12.8 Å². The van der Waals surface area contributed by atoms with E-state index in [-0.39, 0.29) is 18.0 Å². The summed E-state index contributed by atoms with van der Waals surface area (Å²) in [5.74, 6) is -2.49. The van der Waals surface area contributed by atoms with E-state index in [0.29, 0.717) is 5.82 Å². The fourth-order valence-electron chi connectivity index (χ4n) is 1.51. The van der Waals surface area contributed by atoms with E-state index in [9.17, 15) is 13.6 Å². The van der Waals surface area contributed by atoms with Crippen LogP contribution in [-0.2, 0) is 0 Å². The Balaban J connectivity index is 2.04. The third kappa shape index (κ3) is 2.90. The molecular weight excluding hydrogens is 292 g/mol. The molecule has 0 bridgehead atoms. The van der Waals surface area contributed by atoms with Gasteiger partial charge in [-0.15, -0.1) is 10.2 Å². The quantitative estimate of drug-likeness (QED) is 0.841. The standard InChI is InChI=1S/C11H10ClF2N5O/c1-5(10-16-18-19-17-10)4-15-11(20)6-2-3-7(13)8(12)9(6)14/h2-3,5H,4H2,1H3,(H,15,20)(H,16,17,18,19). The van der Waals surface area contributed by atoms with E-state index in [0.717, 1.165) is 12.1 Å². The van der Waals surface area contributed by atoms with Gasteiger partial charge in [-0.05, 0) is 12.1 Å². The van der Waals surface area contributed by atoms with Crippen molar-refractivity contribution in [2.75, 3.05) is 6.54 Å². The van der Waals surface area contributed by atoms with Gasteiger partial charge in [-0.25, -0.2) is 8.78 Å². The number of nitrogens with zero attached hydrogens (tertiary/aromatic N) is 3. The van der Waals surface area contributed by atoms with Crippen LogP contribution in [0.3, 0.4) is 0 Å². The fourth-order valence-corrected chi connectivity index (χ4v) is 1.68. The summed E-state index contributed by atoms with van der Waals surface area (Å²) < 4.78 is 26.6. The molecular formula is C11H10ClF2N5O. The highest BCUT2D eigenvalue weighted by atomic mass is 35.5. The highest BCUT2D eigenvalue weighted by Gasteiger charge is 2.18. The predicted octanol–water partition coefficient (Wildman–Crippen LogP) is 1.66. The smallest absolute Gasteiger partial charge is 0.254 e. The molecule has 0 saturated carbocycles. The van der Waals surface area contributed by atoms with Gasteiger partial charge in [-0.2, -0.15) is 5.21 Å². The summed E-state index contributed by atoms with van der Waals surface area (Å²) in [5, 5.41) is 15.0. The molecule has 1 aromatic heterocycles. The molecule has 1 unspecified atom stereocenters. The summed E-state index contributed by atoms with van der Waals surface area (Å²) in [6, 6.07) is 1.97. The van der Waals surface area contributed by atoms with Crippen molar-refractivity contribution in [3.05, 3.63) is 40.2 Å². The minimum atomic E-state index is -1.09. The van der Waals surface area contributed by atoms with Crippen LogP contribution in [0.1, 0.15) is 29.0 Å². The molecule has 20 heavy (non-hydrogen) atoms. The van der Waals surface area contributed by atoms with Crippen molar-refractivity contribution in [2.24, 2.45) is 0 Å². The Bertz CT molecular complexity index is 620. The third-order valence-electron chi connectivity index (χ3n) is 2.65. The van der Waals surface area contributed by atoms with Gasteiger partial charge >= 0.3 is 0 Å². The van der Waals surface area contributed by atoms with Crippen molar-refractivity contribution < 1.29 is 13.6 Å². The van der Waals surface area contributed by atoms with Crippen molar-refractivity contribution in [1.29, 1.82) is 0 Å². The molecule has 0 fully saturated rings. The molecule has 0 radical (unpaired) electrons. The molecule has 2 aromatic rings. The molecule has 6 nitrogen and oxygen atoms in total. The van der Waals surface area contributed by atoms with E-state index in [4.69, 9.17) is 11.6 Å². The number of H-pyrrole nitrogens is 1. The van der Waals surface area contributed by atoms with Crippen LogP contribution in [0.25, 0.3) is 0 Å². The lowest BCUT2D eigenvalue weighted by Crippen LogP contribution is -2.28. The average Bonchev–Trinajstić information content (AvgIpc) is 2.96. The minimum absolute atomic E-state index is 0.173. The van der Waals surface area contributed by atoms with Crippen LogP contribution >= 0.6 is 11.6 Å². The van der Waals surface area contributed by atoms with E-state index < -0.39 is 22.6 Å². The van der Waals surface area contributed by atoms with Gasteiger partial charge in [0, 0.05) is 12.5 Å². The number of aromatic nitrogens is 4. The highest BCUT2D eigenvalue weighted by molar-refractivity contribution is 6.31. The predicted molar refractivity (Wildman–Crippen MR) is 66.3 cm³/mol. The van der Waals surface area contributed by atoms with E-state index >= 15 is 0 Å². The number of nitrogens with one attached hydrogen (secondary N) is 2. The molecule has 9 heteroatoms. The molecule has 2 rings (SSSR count). The monoisotopic (exact) mass is 301 g/mol. The van der Waals surface area contributed by atoms with E-state index in [1.54, 1.807) is 6.92 Å². The number of amides is 1. The lowest BCUT2D eigenvalue weighted by molar-refractivity contribution is 0.0947. The Morgan fingerprint density at radius 2 is 2.25 bits per heavy atom. The number of aromatic amines is 1. The first-order valence-electron chi connectivity index (χ1n) is 5.65. The topological polar surface area (TPSA) is 83.6 Å². The van der Waals surface area contributed by atoms with E-state index in [1.165, 1.54) is 0 Å². The number of hydrogen-bond donors (Lipinski definition) is 2. The number of hydrogen-bond acceptors (Lipinski definition) is 4. The number of benzene rings is 1. The first-order valence-corrected chi connectivity index (χ1v) is 6.03. The molecule has 0 aliphatic carbocycles. The summed E-state index contributed by atoms with van der Waals surface area (Å²) in [7, 11) is 0. The van der Waals surface area contributed by atoms with Gasteiger partial charge in [0.1, 0.15) is 10.8 Å². The summed E-state index contributed by atoms with van der Waals surface area (Å²) in [5.41, 5.74) is -0.322.